The Labute approximate surface area is 52.1 Å². The van der Waals surface area contributed by atoms with Crippen molar-refractivity contribution in [3.63, 3.8) is 0 Å². The first-order valence-electron chi connectivity index (χ1n) is 2.17. The summed E-state index contributed by atoms with van der Waals surface area (Å²) in [5, 5.41) is 1.94. The molecule has 0 amide bonds. The van der Waals surface area contributed by atoms with Crippen molar-refractivity contribution in [2.45, 2.75) is 6.61 Å². The molecule has 0 aliphatic carbocycles. The highest BCUT2D eigenvalue weighted by Gasteiger charge is 1.88. The van der Waals surface area contributed by atoms with Crippen LogP contribution < -0.4 is 0 Å². The Morgan fingerprint density at radius 3 is 3.25 bits per heavy atom. The van der Waals surface area contributed by atoms with E-state index in [0.717, 1.165) is 5.69 Å². The lowest BCUT2D eigenvalue weighted by Gasteiger charge is -1.87. The van der Waals surface area contributed by atoms with Crippen LogP contribution in [0.5, 0.6) is 0 Å². The summed E-state index contributed by atoms with van der Waals surface area (Å²) in [6.07, 6.45) is 0. The predicted molar refractivity (Wildman–Crippen MR) is 32.3 cm³/mol. The van der Waals surface area contributed by atoms with Crippen LogP contribution in [-0.4, -0.2) is 4.98 Å². The molecule has 1 aromatic rings. The molecule has 0 unspecified atom stereocenters. The zero-order valence-electron chi connectivity index (χ0n) is 4.33. The van der Waals surface area contributed by atoms with Gasteiger partial charge in [-0.1, -0.05) is 0 Å². The molecule has 3 heteroatoms. The van der Waals surface area contributed by atoms with Crippen LogP contribution in [0.3, 0.4) is 0 Å². The van der Waals surface area contributed by atoms with E-state index in [9.17, 15) is 0 Å². The maximum atomic E-state index is 4.58. The van der Waals surface area contributed by atoms with Crippen LogP contribution in [0, 0.1) is 7.11 Å². The Morgan fingerprint density at radius 1 is 1.88 bits per heavy atom. The first-order chi connectivity index (χ1) is 3.93. The van der Waals surface area contributed by atoms with Gasteiger partial charge in [0.2, 0.25) is 0 Å². The molecule has 1 heterocycles. The Bertz CT molecular complexity index is 138. The van der Waals surface area contributed by atoms with Crippen molar-refractivity contribution in [3.8, 4) is 0 Å². The minimum absolute atomic E-state index is 0.517. The monoisotopic (exact) mass is 128 g/mol. The third-order valence-electron chi connectivity index (χ3n) is 0.733. The van der Waals surface area contributed by atoms with Crippen molar-refractivity contribution in [1.29, 1.82) is 0 Å². The molecular weight excluding hydrogens is 122 g/mol. The summed E-state index contributed by atoms with van der Waals surface area (Å²) < 4.78 is 4.58. The first kappa shape index (κ1) is 5.72. The lowest BCUT2D eigenvalue weighted by molar-refractivity contribution is 0.225. The highest BCUT2D eigenvalue weighted by atomic mass is 32.1. The van der Waals surface area contributed by atoms with Crippen molar-refractivity contribution >= 4 is 11.3 Å². The molecule has 0 saturated carbocycles. The van der Waals surface area contributed by atoms with Gasteiger partial charge in [0.15, 0.2) is 0 Å². The van der Waals surface area contributed by atoms with Crippen molar-refractivity contribution in [2.75, 3.05) is 0 Å². The van der Waals surface area contributed by atoms with Gasteiger partial charge in [-0.15, -0.1) is 11.3 Å². The summed E-state index contributed by atoms with van der Waals surface area (Å²) in [5.41, 5.74) is 2.72. The predicted octanol–water partition coefficient (Wildman–Crippen LogP) is 1.45. The standard InChI is InChI=1S/C5H6NOS/c1-7-2-5-3-8-4-6-5/h3-4H,1-2H2. The molecule has 0 aliphatic rings. The second-order valence-electron chi connectivity index (χ2n) is 1.33. The van der Waals surface area contributed by atoms with Crippen molar-refractivity contribution in [3.05, 3.63) is 23.7 Å². The molecule has 0 bridgehead atoms. The van der Waals surface area contributed by atoms with E-state index in [4.69, 9.17) is 0 Å². The van der Waals surface area contributed by atoms with Gasteiger partial charge in [-0.2, -0.15) is 0 Å². The van der Waals surface area contributed by atoms with Crippen molar-refractivity contribution in [1.82, 2.24) is 4.98 Å². The lowest BCUT2D eigenvalue weighted by Crippen LogP contribution is -1.82. The molecule has 0 aromatic carbocycles. The van der Waals surface area contributed by atoms with Crippen LogP contribution in [0.1, 0.15) is 5.69 Å². The maximum absolute atomic E-state index is 4.58. The summed E-state index contributed by atoms with van der Waals surface area (Å²) in [6.45, 7) is 0.517. The van der Waals surface area contributed by atoms with Gasteiger partial charge in [-0.25, -0.2) is 4.98 Å². The van der Waals surface area contributed by atoms with Crippen LogP contribution in [0.4, 0.5) is 0 Å². The van der Waals surface area contributed by atoms with Gasteiger partial charge in [0.25, 0.3) is 0 Å². The van der Waals surface area contributed by atoms with E-state index in [2.05, 4.69) is 16.8 Å². The van der Waals surface area contributed by atoms with Gasteiger partial charge in [-0.3, -0.25) is 0 Å². The molecule has 0 saturated heterocycles. The van der Waals surface area contributed by atoms with E-state index in [1.54, 1.807) is 16.8 Å². The van der Waals surface area contributed by atoms with E-state index in [-0.39, 0.29) is 0 Å². The quantitative estimate of drug-likeness (QED) is 0.601. The largest absolute Gasteiger partial charge is 0.373 e. The Balaban J connectivity index is 2.50. The molecule has 1 aromatic heterocycles. The van der Waals surface area contributed by atoms with Gasteiger partial charge < -0.3 is 4.74 Å². The number of hydrogen-bond acceptors (Lipinski definition) is 3. The molecule has 1 rings (SSSR count). The zero-order valence-corrected chi connectivity index (χ0v) is 5.15. The molecule has 8 heavy (non-hydrogen) atoms. The summed E-state index contributed by atoms with van der Waals surface area (Å²) in [6, 6.07) is 0. The average molecular weight is 128 g/mol. The first-order valence-corrected chi connectivity index (χ1v) is 3.12. The fourth-order valence-corrected chi connectivity index (χ4v) is 0.956. The van der Waals surface area contributed by atoms with E-state index >= 15 is 0 Å². The van der Waals surface area contributed by atoms with Gasteiger partial charge in [0, 0.05) is 5.38 Å². The number of nitrogens with zero attached hydrogens (tertiary/aromatic N) is 1. The van der Waals surface area contributed by atoms with E-state index in [0.29, 0.717) is 6.61 Å². The summed E-state index contributed by atoms with van der Waals surface area (Å²) >= 11 is 1.56. The third kappa shape index (κ3) is 1.28. The van der Waals surface area contributed by atoms with Crippen LogP contribution in [0.25, 0.3) is 0 Å². The minimum Gasteiger partial charge on any atom is -0.373 e. The number of aromatic nitrogens is 1. The second kappa shape index (κ2) is 2.79. The van der Waals surface area contributed by atoms with Crippen LogP contribution in [-0.2, 0) is 11.3 Å². The molecule has 0 aliphatic heterocycles. The van der Waals surface area contributed by atoms with Crippen LogP contribution in [0.15, 0.2) is 10.9 Å². The zero-order chi connectivity index (χ0) is 5.82. The summed E-state index contributed by atoms with van der Waals surface area (Å²) in [7, 11) is 3.23. The van der Waals surface area contributed by atoms with Gasteiger partial charge in [0.1, 0.15) is 0 Å². The van der Waals surface area contributed by atoms with Gasteiger partial charge >= 0.3 is 0 Å². The van der Waals surface area contributed by atoms with Gasteiger partial charge in [-0.05, 0) is 0 Å². The number of rotatable bonds is 2. The highest BCUT2D eigenvalue weighted by Crippen LogP contribution is 2.00. The molecule has 0 spiro atoms. The highest BCUT2D eigenvalue weighted by molar-refractivity contribution is 7.07. The summed E-state index contributed by atoms with van der Waals surface area (Å²) in [5.74, 6) is 0. The third-order valence-corrected chi connectivity index (χ3v) is 1.37. The molecule has 0 N–H and O–H groups in total. The summed E-state index contributed by atoms with van der Waals surface area (Å²) in [4.78, 5) is 3.96. The van der Waals surface area contributed by atoms with Crippen LogP contribution >= 0.6 is 11.3 Å². The fourth-order valence-electron chi connectivity index (χ4n) is 0.413. The average Bonchev–Trinajstić information content (AvgIpc) is 2.19. The SMILES string of the molecule is [CH2]OCc1cscn1. The number of hydrogen-bond donors (Lipinski definition) is 0. The Kier molecular flexibility index (Phi) is 2.00. The van der Waals surface area contributed by atoms with Crippen molar-refractivity contribution < 1.29 is 4.74 Å². The minimum atomic E-state index is 0.517. The fraction of sp³-hybridized carbons (Fsp3) is 0.200. The van der Waals surface area contributed by atoms with E-state index in [1.165, 1.54) is 0 Å². The molecule has 43 valence electrons. The smallest absolute Gasteiger partial charge is 0.0897 e. The molecule has 0 fully saturated rings. The topological polar surface area (TPSA) is 22.1 Å². The number of thiazole rings is 1. The lowest BCUT2D eigenvalue weighted by atomic mass is 10.5. The Hall–Kier alpha value is -0.410. The molecular formula is C5H6NOS. The molecule has 0 atom stereocenters. The molecule has 2 nitrogen and oxygen atoms in total. The number of ether oxygens (including phenoxy) is 1. The Morgan fingerprint density at radius 2 is 2.75 bits per heavy atom. The van der Waals surface area contributed by atoms with E-state index in [1.807, 2.05) is 5.38 Å². The normalized spacial score (nSPS) is 9.62. The second-order valence-corrected chi connectivity index (χ2v) is 2.05. The van der Waals surface area contributed by atoms with Gasteiger partial charge in [0.05, 0.1) is 24.9 Å². The van der Waals surface area contributed by atoms with Crippen LogP contribution in [0.2, 0.25) is 0 Å². The molecule has 1 radical (unpaired) electrons. The maximum Gasteiger partial charge on any atom is 0.0897 e. The van der Waals surface area contributed by atoms with Crippen molar-refractivity contribution in [2.24, 2.45) is 0 Å². The van der Waals surface area contributed by atoms with E-state index < -0.39 is 0 Å².